The fourth-order valence-electron chi connectivity index (χ4n) is 4.53. The second-order valence-electron chi connectivity index (χ2n) is 9.53. The molecule has 2 aromatic carbocycles. The zero-order valence-electron chi connectivity index (χ0n) is 23.6. The zero-order chi connectivity index (χ0) is 28.5. The molecule has 3 aromatic rings. The fraction of sp³-hybridized carbons (Fsp3) is 0.433. The van der Waals surface area contributed by atoms with Crippen LogP contribution in [-0.4, -0.2) is 36.1 Å². The van der Waals surface area contributed by atoms with E-state index in [0.29, 0.717) is 42.3 Å². The molecule has 2 amide bonds. The number of fused-ring (bicyclic) bond motifs is 1. The number of carbonyl (C=O) groups is 2. The van der Waals surface area contributed by atoms with Crippen molar-refractivity contribution in [2.24, 2.45) is 17.4 Å². The van der Waals surface area contributed by atoms with Gasteiger partial charge in [-0.2, -0.15) is 0 Å². The van der Waals surface area contributed by atoms with E-state index in [4.69, 9.17) is 20.9 Å². The largest absolute Gasteiger partial charge is 0.490 e. The van der Waals surface area contributed by atoms with Crippen molar-refractivity contribution in [3.63, 3.8) is 0 Å². The summed E-state index contributed by atoms with van der Waals surface area (Å²) in [7, 11) is 0. The maximum absolute atomic E-state index is 12.6. The highest BCUT2D eigenvalue weighted by Gasteiger charge is 2.20. The highest BCUT2D eigenvalue weighted by Crippen LogP contribution is 2.38. The molecule has 39 heavy (non-hydrogen) atoms. The van der Waals surface area contributed by atoms with E-state index < -0.39 is 11.9 Å². The fourth-order valence-corrected chi connectivity index (χ4v) is 4.53. The number of benzene rings is 2. The van der Waals surface area contributed by atoms with Crippen molar-refractivity contribution in [1.82, 2.24) is 10.3 Å². The highest BCUT2D eigenvalue weighted by molar-refractivity contribution is 5.98. The lowest BCUT2D eigenvalue weighted by Gasteiger charge is -2.21. The Hall–Kier alpha value is -3.85. The second kappa shape index (κ2) is 13.8. The van der Waals surface area contributed by atoms with E-state index in [1.165, 1.54) is 0 Å². The van der Waals surface area contributed by atoms with Gasteiger partial charge in [0.1, 0.15) is 0 Å². The molecule has 0 unspecified atom stereocenters. The molecule has 1 heterocycles. The molecule has 0 aliphatic rings. The summed E-state index contributed by atoms with van der Waals surface area (Å²) in [6.45, 7) is 11.2. The van der Waals surface area contributed by atoms with Crippen molar-refractivity contribution in [2.75, 3.05) is 18.5 Å². The summed E-state index contributed by atoms with van der Waals surface area (Å²) in [5.74, 6) is 0.674. The van der Waals surface area contributed by atoms with E-state index in [1.807, 2.05) is 58.0 Å². The van der Waals surface area contributed by atoms with E-state index in [0.717, 1.165) is 40.7 Å². The molecule has 9 heteroatoms. The van der Waals surface area contributed by atoms with Gasteiger partial charge in [-0.25, -0.2) is 0 Å². The predicted octanol–water partition coefficient (Wildman–Crippen LogP) is 4.36. The highest BCUT2D eigenvalue weighted by atomic mass is 16.5. The molecule has 0 aliphatic carbocycles. The average molecular weight is 536 g/mol. The molecule has 1 aromatic heterocycles. The first-order valence-electron chi connectivity index (χ1n) is 13.6. The van der Waals surface area contributed by atoms with Crippen LogP contribution in [-0.2, 0) is 29.0 Å². The first kappa shape index (κ1) is 29.7. The first-order chi connectivity index (χ1) is 18.7. The molecule has 9 nitrogen and oxygen atoms in total. The third kappa shape index (κ3) is 7.17. The van der Waals surface area contributed by atoms with E-state index in [-0.39, 0.29) is 18.2 Å². The number of hydrogen-bond donors (Lipinski definition) is 4. The number of rotatable bonds is 14. The summed E-state index contributed by atoms with van der Waals surface area (Å²) < 4.78 is 11.6. The van der Waals surface area contributed by atoms with Crippen LogP contribution in [0.15, 0.2) is 36.5 Å². The number of nitrogens with two attached hydrogens (primary N) is 2. The van der Waals surface area contributed by atoms with Gasteiger partial charge in [-0.15, -0.1) is 0 Å². The Kier molecular flexibility index (Phi) is 10.5. The Balaban J connectivity index is 2.05. The summed E-state index contributed by atoms with van der Waals surface area (Å²) in [4.78, 5) is 29.1. The lowest BCUT2D eigenvalue weighted by Crippen LogP contribution is -2.44. The number of hydrogen-bond acceptors (Lipinski definition) is 7. The monoisotopic (exact) mass is 535 g/mol. The quantitative estimate of drug-likeness (QED) is 0.240. The number of ether oxygens (including phenoxy) is 2. The number of aromatic nitrogens is 1. The third-order valence-corrected chi connectivity index (χ3v) is 6.88. The van der Waals surface area contributed by atoms with Gasteiger partial charge in [0, 0.05) is 35.4 Å². The van der Waals surface area contributed by atoms with Crippen molar-refractivity contribution in [2.45, 2.75) is 66.5 Å². The average Bonchev–Trinajstić information content (AvgIpc) is 2.92. The number of carbonyl (C=O) groups excluding carboxylic acids is 2. The summed E-state index contributed by atoms with van der Waals surface area (Å²) in [6.07, 6.45) is 3.24. The molecular formula is C30H41N5O4. The van der Waals surface area contributed by atoms with Crippen LogP contribution in [0.4, 0.5) is 11.4 Å². The van der Waals surface area contributed by atoms with Gasteiger partial charge in [0.15, 0.2) is 11.5 Å². The number of nitrogens with one attached hydrogen (secondary N) is 2. The maximum atomic E-state index is 12.6. The smallest absolute Gasteiger partial charge is 0.237 e. The summed E-state index contributed by atoms with van der Waals surface area (Å²) in [5.41, 5.74) is 16.7. The molecule has 0 radical (unpaired) electrons. The molecule has 0 fully saturated rings. The van der Waals surface area contributed by atoms with Gasteiger partial charge in [-0.1, -0.05) is 39.3 Å². The van der Waals surface area contributed by atoms with E-state index in [1.54, 1.807) is 6.20 Å². The van der Waals surface area contributed by atoms with Gasteiger partial charge >= 0.3 is 0 Å². The first-order valence-corrected chi connectivity index (χ1v) is 13.6. The Labute approximate surface area is 230 Å². The van der Waals surface area contributed by atoms with E-state index in [9.17, 15) is 9.59 Å². The van der Waals surface area contributed by atoms with Crippen molar-refractivity contribution in [1.29, 1.82) is 0 Å². The van der Waals surface area contributed by atoms with Crippen molar-refractivity contribution >= 4 is 34.1 Å². The molecule has 6 N–H and O–H groups in total. The van der Waals surface area contributed by atoms with E-state index >= 15 is 0 Å². The normalized spacial score (nSPS) is 12.6. The predicted molar refractivity (Wildman–Crippen MR) is 155 cm³/mol. The molecular weight excluding hydrogens is 494 g/mol. The van der Waals surface area contributed by atoms with Crippen molar-refractivity contribution in [3.05, 3.63) is 53.2 Å². The molecule has 210 valence electrons. The van der Waals surface area contributed by atoms with Crippen LogP contribution in [0.1, 0.15) is 57.7 Å². The number of nitrogens with zero attached hydrogens (tertiary/aromatic N) is 1. The maximum Gasteiger partial charge on any atom is 0.237 e. The summed E-state index contributed by atoms with van der Waals surface area (Å²) in [5, 5.41) is 7.33. The minimum Gasteiger partial charge on any atom is -0.490 e. The minimum absolute atomic E-state index is 0.0210. The van der Waals surface area contributed by atoms with Crippen LogP contribution >= 0.6 is 0 Å². The molecule has 2 atom stereocenters. The van der Waals surface area contributed by atoms with Crippen LogP contribution in [0.5, 0.6) is 11.5 Å². The standard InChI is InChI=1S/C30H41N5O4/c1-6-18(5)28(32)30(37)34-16-19-11-10-12-23(21(19)7-2)35-29-20(13-27(31)36)17-33-24-15-26(39-9-4)25(38-8-3)14-22(24)29/h10-12,14-15,17-18,28H,6-9,13,16,32H2,1-5H3,(H2,31,36)(H,33,35)(H,34,37)/t18-,28-/m0/s1. The van der Waals surface area contributed by atoms with Gasteiger partial charge < -0.3 is 31.6 Å². The van der Waals surface area contributed by atoms with Crippen molar-refractivity contribution < 1.29 is 19.1 Å². The van der Waals surface area contributed by atoms with Gasteiger partial charge in [0.25, 0.3) is 0 Å². The summed E-state index contributed by atoms with van der Waals surface area (Å²) in [6, 6.07) is 9.09. The molecule has 3 rings (SSSR count). The molecule has 0 spiro atoms. The Bertz CT molecular complexity index is 1310. The van der Waals surface area contributed by atoms with Crippen LogP contribution in [0.3, 0.4) is 0 Å². The molecule has 0 saturated carbocycles. The zero-order valence-corrected chi connectivity index (χ0v) is 23.6. The molecule has 0 saturated heterocycles. The number of pyridine rings is 1. The topological polar surface area (TPSA) is 142 Å². The van der Waals surface area contributed by atoms with Crippen LogP contribution in [0.25, 0.3) is 10.9 Å². The Morgan fingerprint density at radius 2 is 1.72 bits per heavy atom. The van der Waals surface area contributed by atoms with Crippen molar-refractivity contribution in [3.8, 4) is 11.5 Å². The SMILES string of the molecule is CCOc1cc2ncc(CC(N)=O)c(Nc3cccc(CNC(=O)[C@@H](N)[C@@H](C)CC)c3CC)c2cc1OCC. The van der Waals surface area contributed by atoms with Gasteiger partial charge in [-0.3, -0.25) is 14.6 Å². The number of anilines is 2. The lowest BCUT2D eigenvalue weighted by molar-refractivity contribution is -0.123. The lowest BCUT2D eigenvalue weighted by atomic mass is 9.98. The van der Waals surface area contributed by atoms with Crippen LogP contribution in [0, 0.1) is 5.92 Å². The molecule has 0 aliphatic heterocycles. The van der Waals surface area contributed by atoms with E-state index in [2.05, 4.69) is 22.5 Å². The van der Waals surface area contributed by atoms with Gasteiger partial charge in [0.05, 0.1) is 36.9 Å². The third-order valence-electron chi connectivity index (χ3n) is 6.88. The Morgan fingerprint density at radius 3 is 2.33 bits per heavy atom. The van der Waals surface area contributed by atoms with Crippen LogP contribution in [0.2, 0.25) is 0 Å². The number of primary amides is 1. The molecule has 0 bridgehead atoms. The Morgan fingerprint density at radius 1 is 1.03 bits per heavy atom. The van der Waals surface area contributed by atoms with Crippen LogP contribution < -0.4 is 31.6 Å². The van der Waals surface area contributed by atoms with Gasteiger partial charge in [-0.05, 0) is 49.4 Å². The minimum atomic E-state index is -0.554. The summed E-state index contributed by atoms with van der Waals surface area (Å²) >= 11 is 0. The number of amides is 2. The second-order valence-corrected chi connectivity index (χ2v) is 9.53. The van der Waals surface area contributed by atoms with Gasteiger partial charge in [0.2, 0.25) is 11.8 Å².